The fourth-order valence-electron chi connectivity index (χ4n) is 7.06. The molecule has 5 aromatic carbocycles. The quantitative estimate of drug-likeness (QED) is 0.0899. The van der Waals surface area contributed by atoms with E-state index in [2.05, 4.69) is 69.8 Å². The molecule has 0 saturated carbocycles. The summed E-state index contributed by atoms with van der Waals surface area (Å²) in [5, 5.41) is 11.3. The fourth-order valence-corrected chi connectivity index (χ4v) is 8.12. The van der Waals surface area contributed by atoms with Gasteiger partial charge < -0.3 is 23.7 Å². The minimum atomic E-state index is -0.580. The minimum Gasteiger partial charge on any atom is -0.374 e. The van der Waals surface area contributed by atoms with Gasteiger partial charge in [0.15, 0.2) is 0 Å². The summed E-state index contributed by atoms with van der Waals surface area (Å²) in [7, 11) is 0. The minimum absolute atomic E-state index is 0.268. The Labute approximate surface area is 348 Å². The van der Waals surface area contributed by atoms with E-state index < -0.39 is 30.5 Å². The molecule has 0 N–H and O–H groups in total. The number of halogens is 1. The zero-order valence-corrected chi connectivity index (χ0v) is 33.5. The summed E-state index contributed by atoms with van der Waals surface area (Å²) in [4.78, 5) is 4.14. The van der Waals surface area contributed by atoms with Gasteiger partial charge in [0.2, 0.25) is 0 Å². The number of benzene rings is 5. The highest BCUT2D eigenvalue weighted by atomic mass is 35.5. The third-order valence-electron chi connectivity index (χ3n) is 10.0. The van der Waals surface area contributed by atoms with Crippen molar-refractivity contribution in [2.45, 2.75) is 63.4 Å². The van der Waals surface area contributed by atoms with E-state index in [1.54, 1.807) is 12.4 Å². The lowest BCUT2D eigenvalue weighted by Gasteiger charge is -2.46. The van der Waals surface area contributed by atoms with E-state index in [4.69, 9.17) is 35.3 Å². The summed E-state index contributed by atoms with van der Waals surface area (Å²) in [5.41, 5.74) is 6.98. The zero-order valence-electron chi connectivity index (χ0n) is 31.9. The molecular weight excluding hydrogens is 766 g/mol. The van der Waals surface area contributed by atoms with Gasteiger partial charge in [0.1, 0.15) is 40.5 Å². The predicted octanol–water partition coefficient (Wildman–Crippen LogP) is 10.3. The number of aromatic nitrogens is 3. The molecule has 1 aliphatic heterocycles. The number of rotatable bonds is 17. The van der Waals surface area contributed by atoms with E-state index >= 15 is 0 Å². The summed E-state index contributed by atoms with van der Waals surface area (Å²) in [5.74, 6) is 0. The average Bonchev–Trinajstić information content (AvgIpc) is 3.75. The van der Waals surface area contributed by atoms with Gasteiger partial charge in [-0.15, -0.1) is 10.2 Å². The lowest BCUT2D eigenvalue weighted by molar-refractivity contribution is -0.275. The van der Waals surface area contributed by atoms with Gasteiger partial charge in [-0.1, -0.05) is 156 Å². The molecule has 0 bridgehead atoms. The van der Waals surface area contributed by atoms with Gasteiger partial charge in [0.25, 0.3) is 0 Å². The second-order valence-electron chi connectivity index (χ2n) is 14.1. The summed E-state index contributed by atoms with van der Waals surface area (Å²) in [6.07, 6.45) is 1.25. The fraction of sp³-hybridized carbons (Fsp3) is 0.229. The molecular formula is C48H44ClN3O5S. The molecule has 0 spiro atoms. The molecule has 5 atom stereocenters. The maximum Gasteiger partial charge on any atom is 0.147 e. The number of hydrogen-bond donors (Lipinski definition) is 0. The molecule has 8 nitrogen and oxygen atoms in total. The Hall–Kier alpha value is -5.10. The second-order valence-corrected chi connectivity index (χ2v) is 15.6. The van der Waals surface area contributed by atoms with Crippen LogP contribution in [-0.2, 0) is 56.5 Å². The van der Waals surface area contributed by atoms with Crippen molar-refractivity contribution >= 4 is 22.9 Å². The molecule has 7 aromatic rings. The molecule has 0 amide bonds. The average molecular weight is 810 g/mol. The molecule has 0 aliphatic carbocycles. The summed E-state index contributed by atoms with van der Waals surface area (Å²) in [6.45, 7) is 1.76. The molecule has 2 aromatic heterocycles. The molecule has 1 aliphatic rings. The van der Waals surface area contributed by atoms with E-state index in [-0.39, 0.29) is 6.61 Å². The van der Waals surface area contributed by atoms with E-state index in [1.807, 2.05) is 97.1 Å². The summed E-state index contributed by atoms with van der Waals surface area (Å²) < 4.78 is 34.4. The van der Waals surface area contributed by atoms with Gasteiger partial charge in [-0.2, -0.15) is 0 Å². The van der Waals surface area contributed by atoms with E-state index in [9.17, 15) is 0 Å². The van der Waals surface area contributed by atoms with Crippen molar-refractivity contribution < 1.29 is 23.7 Å². The molecule has 58 heavy (non-hydrogen) atoms. The van der Waals surface area contributed by atoms with Gasteiger partial charge in [0, 0.05) is 29.4 Å². The third-order valence-corrected chi connectivity index (χ3v) is 11.4. The number of ether oxygens (including phenoxy) is 5. The Kier molecular flexibility index (Phi) is 13.7. The van der Waals surface area contributed by atoms with Gasteiger partial charge in [-0.3, -0.25) is 4.98 Å². The lowest BCUT2D eigenvalue weighted by Crippen LogP contribution is -2.58. The van der Waals surface area contributed by atoms with Gasteiger partial charge in [-0.05, 0) is 51.6 Å². The first-order valence-electron chi connectivity index (χ1n) is 19.4. The van der Waals surface area contributed by atoms with Crippen LogP contribution in [0.25, 0.3) is 10.6 Å². The van der Waals surface area contributed by atoms with Crippen molar-refractivity contribution in [2.75, 3.05) is 6.61 Å². The van der Waals surface area contributed by atoms with Crippen LogP contribution in [0.2, 0.25) is 5.02 Å². The normalized spacial score (nSPS) is 19.2. The number of nitrogens with zero attached hydrogens (tertiary/aromatic N) is 3. The van der Waals surface area contributed by atoms with Crippen LogP contribution in [0, 0.1) is 0 Å². The highest BCUT2D eigenvalue weighted by molar-refractivity contribution is 7.14. The molecule has 0 radical (unpaired) electrons. The van der Waals surface area contributed by atoms with Crippen LogP contribution in [0.4, 0.5) is 0 Å². The van der Waals surface area contributed by atoms with Crippen LogP contribution in [-0.4, -0.2) is 46.2 Å². The number of pyridine rings is 1. The first-order valence-corrected chi connectivity index (χ1v) is 20.6. The van der Waals surface area contributed by atoms with Crippen LogP contribution in [0.15, 0.2) is 164 Å². The van der Waals surface area contributed by atoms with Crippen LogP contribution < -0.4 is 0 Å². The second kappa shape index (κ2) is 20.0. The third kappa shape index (κ3) is 10.5. The topological polar surface area (TPSA) is 84.8 Å². The monoisotopic (exact) mass is 809 g/mol. The Morgan fingerprint density at radius 2 is 1.10 bits per heavy atom. The summed E-state index contributed by atoms with van der Waals surface area (Å²) >= 11 is 8.46. The van der Waals surface area contributed by atoms with Crippen molar-refractivity contribution in [3.8, 4) is 10.6 Å². The van der Waals surface area contributed by atoms with E-state index in [1.165, 1.54) is 11.3 Å². The van der Waals surface area contributed by atoms with E-state index in [0.29, 0.717) is 37.9 Å². The van der Waals surface area contributed by atoms with Crippen LogP contribution in [0.1, 0.15) is 44.5 Å². The number of hydrogen-bond acceptors (Lipinski definition) is 9. The van der Waals surface area contributed by atoms with E-state index in [0.717, 1.165) is 49.0 Å². The Morgan fingerprint density at radius 3 is 1.69 bits per heavy atom. The Bertz CT molecular complexity index is 2290. The standard InChI is InChI=1S/C48H44ClN3O5S/c49-41-22-21-39(27-40(41)28-43-51-52-48(58-43)38-23-25-50-26-24-38)44-46(55-31-36-17-9-3-10-18-36)47(56-32-37-19-11-4-12-20-37)45(54-30-35-15-7-2-8-16-35)42(57-44)33-53-29-34-13-5-1-6-14-34/h1-27,42,44-47H,28-33H2. The maximum atomic E-state index is 7.17. The van der Waals surface area contributed by atoms with Gasteiger partial charge in [0.05, 0.1) is 33.0 Å². The molecule has 1 fully saturated rings. The van der Waals surface area contributed by atoms with Crippen LogP contribution in [0.5, 0.6) is 0 Å². The van der Waals surface area contributed by atoms with Gasteiger partial charge >= 0.3 is 0 Å². The van der Waals surface area contributed by atoms with Crippen molar-refractivity contribution in [1.29, 1.82) is 0 Å². The maximum absolute atomic E-state index is 7.17. The Morgan fingerprint density at radius 1 is 0.569 bits per heavy atom. The zero-order chi connectivity index (χ0) is 39.4. The highest BCUT2D eigenvalue weighted by Crippen LogP contribution is 2.40. The van der Waals surface area contributed by atoms with Crippen molar-refractivity contribution in [2.24, 2.45) is 0 Å². The van der Waals surface area contributed by atoms with Crippen molar-refractivity contribution in [3.63, 3.8) is 0 Å². The molecule has 8 rings (SSSR count). The molecule has 294 valence electrons. The van der Waals surface area contributed by atoms with Gasteiger partial charge in [-0.25, -0.2) is 0 Å². The van der Waals surface area contributed by atoms with Crippen LogP contribution >= 0.6 is 22.9 Å². The lowest BCUT2D eigenvalue weighted by atomic mass is 9.89. The molecule has 5 unspecified atom stereocenters. The van der Waals surface area contributed by atoms with Crippen molar-refractivity contribution in [3.05, 3.63) is 207 Å². The SMILES string of the molecule is Clc1ccc(C2OC(COCc3ccccc3)C(OCc3ccccc3)C(OCc3ccccc3)C2OCc2ccccc2)cc1Cc1nnc(-c2ccncc2)s1. The summed E-state index contributed by atoms with van der Waals surface area (Å²) in [6, 6.07) is 50.5. The molecule has 3 heterocycles. The largest absolute Gasteiger partial charge is 0.374 e. The first-order chi connectivity index (χ1) is 28.7. The smallest absolute Gasteiger partial charge is 0.147 e. The molecule has 1 saturated heterocycles. The van der Waals surface area contributed by atoms with Crippen LogP contribution in [0.3, 0.4) is 0 Å². The van der Waals surface area contributed by atoms with Crippen molar-refractivity contribution in [1.82, 2.24) is 15.2 Å². The highest BCUT2D eigenvalue weighted by Gasteiger charge is 2.49. The predicted molar refractivity (Wildman–Crippen MR) is 226 cm³/mol. The Balaban J connectivity index is 1.15. The first kappa shape index (κ1) is 39.7. The molecule has 10 heteroatoms.